The number of fused-ring (bicyclic) bond motifs is 1. The fourth-order valence-corrected chi connectivity index (χ4v) is 3.57. The van der Waals surface area contributed by atoms with Crippen molar-refractivity contribution in [2.45, 2.75) is 44.6 Å². The lowest BCUT2D eigenvalue weighted by atomic mass is 10.0. The number of nitrogens with one attached hydrogen (secondary N) is 1. The minimum absolute atomic E-state index is 0.0530. The molecule has 1 saturated heterocycles. The molecule has 1 aromatic carbocycles. The molecule has 6 nitrogen and oxygen atoms in total. The first kappa shape index (κ1) is 16.8. The molecule has 1 amide bonds. The van der Waals surface area contributed by atoms with Crippen LogP contribution in [0.5, 0.6) is 0 Å². The minimum Gasteiger partial charge on any atom is -0.343 e. The van der Waals surface area contributed by atoms with Crippen molar-refractivity contribution in [3.05, 3.63) is 34.7 Å². The number of nitrogens with two attached hydrogens (primary N) is 1. The van der Waals surface area contributed by atoms with Gasteiger partial charge in [0.2, 0.25) is 5.91 Å². The van der Waals surface area contributed by atoms with E-state index in [1.165, 1.54) is 0 Å². The van der Waals surface area contributed by atoms with Gasteiger partial charge in [-0.25, -0.2) is 4.79 Å². The molecule has 0 spiro atoms. The van der Waals surface area contributed by atoms with Gasteiger partial charge < -0.3 is 15.6 Å². The lowest BCUT2D eigenvalue weighted by Gasteiger charge is -2.32. The number of unbranched alkanes of at least 4 members (excludes halogenated alkanes) is 2. The first-order valence-corrected chi connectivity index (χ1v) is 8.88. The zero-order valence-corrected chi connectivity index (χ0v) is 14.0. The summed E-state index contributed by atoms with van der Waals surface area (Å²) in [5.74, 6) is 0.233. The second kappa shape index (κ2) is 7.66. The maximum atomic E-state index is 12.3. The summed E-state index contributed by atoms with van der Waals surface area (Å²) in [6, 6.07) is 7.94. The van der Waals surface area contributed by atoms with Gasteiger partial charge in [0, 0.05) is 25.6 Å². The van der Waals surface area contributed by atoms with Gasteiger partial charge in [0.25, 0.3) is 0 Å². The Kier molecular flexibility index (Phi) is 5.35. The number of piperidine rings is 1. The Morgan fingerprint density at radius 3 is 2.67 bits per heavy atom. The highest BCUT2D eigenvalue weighted by Crippen LogP contribution is 2.25. The Balaban J connectivity index is 1.59. The van der Waals surface area contributed by atoms with Crippen LogP contribution in [-0.4, -0.2) is 40.0 Å². The predicted octanol–water partition coefficient (Wildman–Crippen LogP) is 2.01. The maximum absolute atomic E-state index is 12.3. The van der Waals surface area contributed by atoms with Crippen LogP contribution in [0.1, 0.15) is 44.6 Å². The highest BCUT2D eigenvalue weighted by molar-refractivity contribution is 5.76. The number of hydrogen-bond acceptors (Lipinski definition) is 3. The molecule has 3 N–H and O–H groups in total. The number of para-hydroxylation sites is 2. The van der Waals surface area contributed by atoms with E-state index >= 15 is 0 Å². The third kappa shape index (κ3) is 3.53. The third-order valence-corrected chi connectivity index (χ3v) is 4.90. The molecule has 3 rings (SSSR count). The Bertz CT molecular complexity index is 741. The largest absolute Gasteiger partial charge is 0.343 e. The number of likely N-dealkylation sites (tertiary alicyclic amines) is 1. The quantitative estimate of drug-likeness (QED) is 0.795. The number of nitrogens with zero attached hydrogens (tertiary/aromatic N) is 2. The van der Waals surface area contributed by atoms with Crippen LogP contribution in [0.4, 0.5) is 0 Å². The number of aromatic nitrogens is 2. The average Bonchev–Trinajstić information content (AvgIpc) is 2.94. The molecule has 1 aliphatic heterocycles. The van der Waals surface area contributed by atoms with Gasteiger partial charge in [-0.15, -0.1) is 0 Å². The van der Waals surface area contributed by atoms with Crippen LogP contribution in [0.2, 0.25) is 0 Å². The van der Waals surface area contributed by atoms with Crippen molar-refractivity contribution in [2.24, 2.45) is 5.73 Å². The fourth-order valence-electron chi connectivity index (χ4n) is 3.57. The number of aromatic amines is 1. The summed E-state index contributed by atoms with van der Waals surface area (Å²) in [5.41, 5.74) is 7.25. The molecule has 2 heterocycles. The zero-order valence-electron chi connectivity index (χ0n) is 14.0. The molecule has 6 heteroatoms. The molecule has 0 atom stereocenters. The van der Waals surface area contributed by atoms with Crippen LogP contribution >= 0.6 is 0 Å². The van der Waals surface area contributed by atoms with Crippen molar-refractivity contribution >= 4 is 16.9 Å². The molecular weight excluding hydrogens is 304 g/mol. The van der Waals surface area contributed by atoms with Crippen molar-refractivity contribution in [3.63, 3.8) is 0 Å². The van der Waals surface area contributed by atoms with E-state index in [9.17, 15) is 9.59 Å². The van der Waals surface area contributed by atoms with Crippen LogP contribution in [0, 0.1) is 0 Å². The first-order chi connectivity index (χ1) is 11.7. The van der Waals surface area contributed by atoms with E-state index in [0.29, 0.717) is 13.0 Å². The molecular formula is C18H26N4O2. The molecule has 0 aliphatic carbocycles. The van der Waals surface area contributed by atoms with Crippen LogP contribution in [0.3, 0.4) is 0 Å². The average molecular weight is 330 g/mol. The summed E-state index contributed by atoms with van der Waals surface area (Å²) in [7, 11) is 0. The standard InChI is InChI=1S/C18H26N4O2/c19-11-5-1-2-8-17(23)21-12-9-14(10-13-21)22-16-7-4-3-6-15(16)20-18(22)24/h3-4,6-7,14H,1-2,5,8-13,19H2,(H,20,24). The summed E-state index contributed by atoms with van der Waals surface area (Å²) in [5, 5.41) is 0. The van der Waals surface area contributed by atoms with Crippen LogP contribution in [0.15, 0.2) is 29.1 Å². The molecule has 1 aromatic heterocycles. The normalized spacial score (nSPS) is 16.0. The van der Waals surface area contributed by atoms with E-state index < -0.39 is 0 Å². The number of carbonyl (C=O) groups excluding carboxylic acids is 1. The van der Waals surface area contributed by atoms with E-state index in [1.807, 2.05) is 33.7 Å². The van der Waals surface area contributed by atoms with Crippen molar-refractivity contribution in [2.75, 3.05) is 19.6 Å². The Labute approximate surface area is 141 Å². The lowest BCUT2D eigenvalue weighted by Crippen LogP contribution is -2.40. The number of imidazole rings is 1. The molecule has 130 valence electrons. The molecule has 1 aliphatic rings. The number of rotatable bonds is 6. The second-order valence-corrected chi connectivity index (χ2v) is 6.53. The van der Waals surface area contributed by atoms with Gasteiger partial charge in [0.15, 0.2) is 0 Å². The molecule has 0 bridgehead atoms. The van der Waals surface area contributed by atoms with Crippen molar-refractivity contribution in [1.82, 2.24) is 14.5 Å². The summed E-state index contributed by atoms with van der Waals surface area (Å²) in [4.78, 5) is 29.4. The number of hydrogen-bond donors (Lipinski definition) is 2. The topological polar surface area (TPSA) is 84.1 Å². The summed E-state index contributed by atoms with van der Waals surface area (Å²) >= 11 is 0. The van der Waals surface area contributed by atoms with Crippen molar-refractivity contribution < 1.29 is 4.79 Å². The maximum Gasteiger partial charge on any atom is 0.326 e. The van der Waals surface area contributed by atoms with Gasteiger partial charge in [0.05, 0.1) is 11.0 Å². The predicted molar refractivity (Wildman–Crippen MR) is 94.9 cm³/mol. The molecule has 0 saturated carbocycles. The number of amides is 1. The van der Waals surface area contributed by atoms with Crippen molar-refractivity contribution in [3.8, 4) is 0 Å². The van der Waals surface area contributed by atoms with E-state index in [4.69, 9.17) is 5.73 Å². The van der Waals surface area contributed by atoms with E-state index in [0.717, 1.165) is 56.2 Å². The van der Waals surface area contributed by atoms with E-state index in [2.05, 4.69) is 4.98 Å². The highest BCUT2D eigenvalue weighted by Gasteiger charge is 2.25. The number of carbonyl (C=O) groups is 1. The van der Waals surface area contributed by atoms with Gasteiger partial charge in [0.1, 0.15) is 0 Å². The Hall–Kier alpha value is -2.08. The molecule has 0 radical (unpaired) electrons. The molecule has 0 unspecified atom stereocenters. The summed E-state index contributed by atoms with van der Waals surface area (Å²) < 4.78 is 1.86. The number of H-pyrrole nitrogens is 1. The number of benzene rings is 1. The van der Waals surface area contributed by atoms with Gasteiger partial charge in [-0.3, -0.25) is 9.36 Å². The summed E-state index contributed by atoms with van der Waals surface area (Å²) in [6.45, 7) is 2.15. The SMILES string of the molecule is NCCCCCC(=O)N1CCC(n2c(=O)[nH]c3ccccc32)CC1. The molecule has 1 fully saturated rings. The smallest absolute Gasteiger partial charge is 0.326 e. The second-order valence-electron chi connectivity index (χ2n) is 6.53. The van der Waals surface area contributed by atoms with Crippen molar-refractivity contribution in [1.29, 1.82) is 0 Å². The van der Waals surface area contributed by atoms with Gasteiger partial charge in [-0.1, -0.05) is 18.6 Å². The zero-order chi connectivity index (χ0) is 16.9. The van der Waals surface area contributed by atoms with E-state index in [-0.39, 0.29) is 17.6 Å². The lowest BCUT2D eigenvalue weighted by molar-refractivity contribution is -0.132. The third-order valence-electron chi connectivity index (χ3n) is 4.90. The fraction of sp³-hybridized carbons (Fsp3) is 0.556. The van der Waals surface area contributed by atoms with Gasteiger partial charge in [-0.05, 0) is 44.4 Å². The monoisotopic (exact) mass is 330 g/mol. The molecule has 2 aromatic rings. The van der Waals surface area contributed by atoms with Gasteiger partial charge in [-0.2, -0.15) is 0 Å². The molecule has 24 heavy (non-hydrogen) atoms. The highest BCUT2D eigenvalue weighted by atomic mass is 16.2. The van der Waals surface area contributed by atoms with Crippen LogP contribution < -0.4 is 11.4 Å². The Morgan fingerprint density at radius 1 is 1.17 bits per heavy atom. The van der Waals surface area contributed by atoms with Crippen LogP contribution in [-0.2, 0) is 4.79 Å². The van der Waals surface area contributed by atoms with E-state index in [1.54, 1.807) is 0 Å². The van der Waals surface area contributed by atoms with Crippen LogP contribution in [0.25, 0.3) is 11.0 Å². The Morgan fingerprint density at radius 2 is 1.92 bits per heavy atom. The first-order valence-electron chi connectivity index (χ1n) is 8.88. The van der Waals surface area contributed by atoms with Gasteiger partial charge >= 0.3 is 5.69 Å². The summed E-state index contributed by atoms with van der Waals surface area (Å²) in [6.07, 6.45) is 5.18. The minimum atomic E-state index is -0.0530.